The maximum Gasteiger partial charge on any atom is 0.278 e. The first-order valence-corrected chi connectivity index (χ1v) is 15.4. The smallest absolute Gasteiger partial charge is 0.278 e. The maximum atomic E-state index is 4.68. The van der Waals surface area contributed by atoms with Gasteiger partial charge < -0.3 is 24.4 Å². The summed E-state index contributed by atoms with van der Waals surface area (Å²) < 4.78 is 0. The molecule has 47 heavy (non-hydrogen) atoms. The third-order valence-corrected chi connectivity index (χ3v) is 9.47. The first-order valence-electron chi connectivity index (χ1n) is 15.4. The third-order valence-electron chi connectivity index (χ3n) is 9.47. The Hall–Kier alpha value is -5.09. The van der Waals surface area contributed by atoms with Gasteiger partial charge in [0.1, 0.15) is 11.6 Å². The van der Waals surface area contributed by atoms with E-state index in [0.717, 1.165) is 39.6 Å². The summed E-state index contributed by atoms with van der Waals surface area (Å²) in [5.41, 5.74) is 13.6. The van der Waals surface area contributed by atoms with Crippen molar-refractivity contribution in [1.29, 1.82) is 0 Å². The number of rotatable bonds is 2. The molecule has 0 saturated heterocycles. The molecule has 1 aromatic heterocycles. The molecule has 0 bridgehead atoms. The normalized spacial score (nSPS) is 14.9. The van der Waals surface area contributed by atoms with Gasteiger partial charge in [-0.1, -0.05) is 59.7 Å². The second kappa shape index (κ2) is 10.5. The van der Waals surface area contributed by atoms with Crippen molar-refractivity contribution < 1.29 is 20.4 Å². The van der Waals surface area contributed by atoms with Crippen LogP contribution >= 0.6 is 0 Å². The van der Waals surface area contributed by atoms with E-state index in [1.807, 2.05) is 18.6 Å². The predicted molar refractivity (Wildman–Crippen MR) is 187 cm³/mol. The summed E-state index contributed by atoms with van der Waals surface area (Å²) in [6, 6.07) is 42.6. The van der Waals surface area contributed by atoms with E-state index in [2.05, 4.69) is 152 Å². The van der Waals surface area contributed by atoms with Crippen LogP contribution in [-0.4, -0.2) is 30.9 Å². The number of aromatic nitrogens is 2. The van der Waals surface area contributed by atoms with Crippen molar-refractivity contribution in [3.63, 3.8) is 0 Å². The van der Waals surface area contributed by atoms with Crippen LogP contribution in [-0.2, 0) is 20.4 Å². The van der Waals surface area contributed by atoms with Gasteiger partial charge in [0.15, 0.2) is 0 Å². The molecule has 4 aliphatic rings. The van der Waals surface area contributed by atoms with Gasteiger partial charge in [-0.05, 0) is 38.4 Å². The summed E-state index contributed by atoms with van der Waals surface area (Å²) in [6.45, 7) is 4.03. The van der Waals surface area contributed by atoms with Gasteiger partial charge in [0.2, 0.25) is 0 Å². The van der Waals surface area contributed by atoms with Gasteiger partial charge in [0.05, 0.1) is 0 Å². The zero-order valence-electron chi connectivity index (χ0n) is 25.6. The average Bonchev–Trinajstić information content (AvgIpc) is 3.64. The number of anilines is 8. The van der Waals surface area contributed by atoms with Gasteiger partial charge in [0, 0.05) is 55.6 Å². The Bertz CT molecular complexity index is 2070. The van der Waals surface area contributed by atoms with Crippen molar-refractivity contribution in [1.82, 2.24) is 9.97 Å². The molecule has 0 atom stereocenters. The summed E-state index contributed by atoms with van der Waals surface area (Å²) in [6.07, 6.45) is 3.47. The van der Waals surface area contributed by atoms with E-state index in [1.54, 1.807) is 12.4 Å². The van der Waals surface area contributed by atoms with E-state index in [1.165, 1.54) is 39.3 Å². The molecule has 5 aromatic carbocycles. The Morgan fingerprint density at radius 3 is 1.68 bits per heavy atom. The molecule has 7 nitrogen and oxygen atoms in total. The number of fused-ring (bicyclic) bond motifs is 13. The molecule has 0 amide bonds. The number of hydrogen-bond acceptors (Lipinski definition) is 7. The molecular formula is C38H26BN7Pd-4. The van der Waals surface area contributed by atoms with E-state index < -0.39 is 0 Å². The van der Waals surface area contributed by atoms with Crippen LogP contribution in [0.5, 0.6) is 0 Å². The van der Waals surface area contributed by atoms with Crippen LogP contribution < -0.4 is 35.3 Å². The largest absolute Gasteiger partial charge is 0.504 e. The molecule has 0 unspecified atom stereocenters. The second-order valence-corrected chi connectivity index (χ2v) is 12.0. The molecule has 0 aliphatic carbocycles. The zero-order chi connectivity index (χ0) is 30.5. The predicted octanol–water partition coefficient (Wildman–Crippen LogP) is 6.39. The summed E-state index contributed by atoms with van der Waals surface area (Å²) >= 11 is 0. The molecule has 4 aliphatic heterocycles. The van der Waals surface area contributed by atoms with Crippen LogP contribution in [0.3, 0.4) is 0 Å². The van der Waals surface area contributed by atoms with E-state index in [4.69, 9.17) is 0 Å². The molecule has 9 heteroatoms. The topological polar surface area (TPSA) is 42.0 Å². The maximum absolute atomic E-state index is 4.68. The van der Waals surface area contributed by atoms with Gasteiger partial charge >= 0.3 is 0 Å². The minimum atomic E-state index is -0.146. The summed E-state index contributed by atoms with van der Waals surface area (Å²) in [5, 5.41) is 0. The first-order chi connectivity index (χ1) is 22.7. The molecule has 0 spiro atoms. The van der Waals surface area contributed by atoms with Crippen molar-refractivity contribution in [2.45, 2.75) is 0 Å². The van der Waals surface area contributed by atoms with Gasteiger partial charge in [0.25, 0.3) is 6.85 Å². The fourth-order valence-corrected chi connectivity index (χ4v) is 7.47. The standard InChI is InChI=1S/C38H26BN7.Pd/c1-42-23-44(36-14-8-7-13-35(36)42)25-15-17-27-29-9-3-5-11-33(29)46-34-12-6-4-10-30(34)28-18-16-26(22-32(28)39(46)31(27)21-25)45-24-43(2)37-38(45)41-20-19-40-37;/h3-20,23-24H,1-2H3;/q-4;. The van der Waals surface area contributed by atoms with Gasteiger partial charge in [-0.3, -0.25) is 0 Å². The molecule has 5 heterocycles. The van der Waals surface area contributed by atoms with Crippen LogP contribution in [0.2, 0.25) is 0 Å². The van der Waals surface area contributed by atoms with Crippen LogP contribution in [0.15, 0.2) is 109 Å². The Morgan fingerprint density at radius 2 is 1.04 bits per heavy atom. The Morgan fingerprint density at radius 1 is 0.532 bits per heavy atom. The van der Waals surface area contributed by atoms with Crippen LogP contribution in [0, 0.1) is 25.5 Å². The zero-order valence-corrected chi connectivity index (χ0v) is 27.1. The summed E-state index contributed by atoms with van der Waals surface area (Å²) in [5.74, 6) is 1.62. The average molecular weight is 698 g/mol. The summed E-state index contributed by atoms with van der Waals surface area (Å²) in [7, 11) is 4.09. The van der Waals surface area contributed by atoms with Gasteiger partial charge in [-0.25, -0.2) is 9.97 Å². The molecular weight excluding hydrogens is 672 g/mol. The Balaban J connectivity index is 0.00000302. The van der Waals surface area contributed by atoms with E-state index in [-0.39, 0.29) is 27.3 Å². The number of hydrogen-bond donors (Lipinski definition) is 0. The fraction of sp³-hybridized carbons (Fsp3) is 0.0526. The molecule has 0 N–H and O–H groups in total. The van der Waals surface area contributed by atoms with Crippen molar-refractivity contribution in [3.05, 3.63) is 135 Å². The number of benzene rings is 5. The first kappa shape index (κ1) is 28.2. The molecule has 6 aromatic rings. The Labute approximate surface area is 288 Å². The van der Waals surface area contributed by atoms with Gasteiger partial charge in [-0.2, -0.15) is 41.9 Å². The van der Waals surface area contributed by atoms with E-state index >= 15 is 0 Å². The van der Waals surface area contributed by atoms with Crippen LogP contribution in [0.4, 0.5) is 45.8 Å². The minimum absolute atomic E-state index is 0. The van der Waals surface area contributed by atoms with Gasteiger partial charge in [-0.15, -0.1) is 41.3 Å². The van der Waals surface area contributed by atoms with E-state index in [9.17, 15) is 0 Å². The molecule has 0 fully saturated rings. The number of para-hydroxylation sites is 4. The SMILES string of the molecule is CN1[CH-]N(c2[c-]c3c(cc2)-c2ccccc2N2B3c3[c-]c(N4[CH-]N(C)c5nccnc54)ccc3-c3ccccc32)c2ccccc21.[Pd]. The quantitative estimate of drug-likeness (QED) is 0.154. The molecule has 10 rings (SSSR count). The summed E-state index contributed by atoms with van der Waals surface area (Å²) in [4.78, 5) is 20.2. The van der Waals surface area contributed by atoms with Crippen LogP contribution in [0.1, 0.15) is 0 Å². The molecule has 0 radical (unpaired) electrons. The monoisotopic (exact) mass is 697 g/mol. The Kier molecular flexibility index (Phi) is 6.27. The molecule has 230 valence electrons. The van der Waals surface area contributed by atoms with Crippen molar-refractivity contribution in [2.24, 2.45) is 0 Å². The van der Waals surface area contributed by atoms with Crippen molar-refractivity contribution in [2.75, 3.05) is 38.5 Å². The second-order valence-electron chi connectivity index (χ2n) is 12.0. The fourth-order valence-electron chi connectivity index (χ4n) is 7.47. The minimum Gasteiger partial charge on any atom is -0.504 e. The van der Waals surface area contributed by atoms with Crippen molar-refractivity contribution in [3.8, 4) is 22.3 Å². The van der Waals surface area contributed by atoms with Crippen molar-refractivity contribution >= 4 is 63.5 Å². The van der Waals surface area contributed by atoms with Crippen LogP contribution in [0.25, 0.3) is 22.3 Å². The van der Waals surface area contributed by atoms with E-state index in [0.29, 0.717) is 0 Å². The number of nitrogens with zero attached hydrogens (tertiary/aromatic N) is 7. The third kappa shape index (κ3) is 3.97. The molecule has 0 saturated carbocycles.